The molecule has 2 N–H and O–H groups in total. The Balaban J connectivity index is 3.14. The minimum absolute atomic E-state index is 0.116. The molecule has 58 valence electrons. The van der Waals surface area contributed by atoms with Crippen molar-refractivity contribution in [3.63, 3.8) is 0 Å². The third kappa shape index (κ3) is 1.43. The van der Waals surface area contributed by atoms with Crippen LogP contribution < -0.4 is 10.9 Å². The summed E-state index contributed by atoms with van der Waals surface area (Å²) in [6.07, 6.45) is 2.72. The number of rotatable bonds is 1. The molecule has 0 radical (unpaired) electrons. The van der Waals surface area contributed by atoms with E-state index in [4.69, 9.17) is 0 Å². The summed E-state index contributed by atoms with van der Waals surface area (Å²) in [5.41, 5.74) is -0.596. The molecule has 1 aromatic rings. The van der Waals surface area contributed by atoms with Gasteiger partial charge in [-0.2, -0.15) is 0 Å². The van der Waals surface area contributed by atoms with Crippen LogP contribution >= 0.6 is 0 Å². The van der Waals surface area contributed by atoms with Crippen LogP contribution in [0.15, 0.2) is 17.2 Å². The number of nitrogens with one attached hydrogen (secondary N) is 2. The highest BCUT2D eigenvalue weighted by molar-refractivity contribution is 5.91. The molecule has 0 aliphatic rings. The van der Waals surface area contributed by atoms with E-state index in [1.165, 1.54) is 19.4 Å². The Hall–Kier alpha value is -1.65. The Morgan fingerprint density at radius 1 is 1.73 bits per heavy atom. The minimum atomic E-state index is -0.480. The Morgan fingerprint density at radius 3 is 3.00 bits per heavy atom. The first kappa shape index (κ1) is 7.46. The first-order valence-corrected chi connectivity index (χ1v) is 3.01. The molecule has 5 nitrogen and oxygen atoms in total. The van der Waals surface area contributed by atoms with Gasteiger partial charge >= 0.3 is 0 Å². The molecule has 0 fully saturated rings. The fourth-order valence-electron chi connectivity index (χ4n) is 0.632. The van der Waals surface area contributed by atoms with E-state index >= 15 is 0 Å². The molecule has 0 spiro atoms. The van der Waals surface area contributed by atoms with Crippen molar-refractivity contribution in [2.45, 2.75) is 0 Å². The van der Waals surface area contributed by atoms with Gasteiger partial charge in [-0.3, -0.25) is 9.59 Å². The van der Waals surface area contributed by atoms with Crippen LogP contribution in [0.25, 0.3) is 0 Å². The van der Waals surface area contributed by atoms with Crippen LogP contribution in [0.1, 0.15) is 10.5 Å². The zero-order valence-corrected chi connectivity index (χ0v) is 5.92. The topological polar surface area (TPSA) is 74.8 Å². The van der Waals surface area contributed by atoms with Crippen LogP contribution in [0.2, 0.25) is 0 Å². The van der Waals surface area contributed by atoms with Gasteiger partial charge < -0.3 is 10.3 Å². The number of hydrogen-bond donors (Lipinski definition) is 2. The van der Waals surface area contributed by atoms with Gasteiger partial charge in [0.25, 0.3) is 11.5 Å². The summed E-state index contributed by atoms with van der Waals surface area (Å²) in [6.45, 7) is 0. The summed E-state index contributed by atoms with van der Waals surface area (Å²) >= 11 is 0. The summed E-state index contributed by atoms with van der Waals surface area (Å²) in [4.78, 5) is 27.6. The maximum Gasteiger partial charge on any atom is 0.279 e. The quantitative estimate of drug-likeness (QED) is 0.550. The number of nitrogens with zero attached hydrogens (tertiary/aromatic N) is 1. The fourth-order valence-corrected chi connectivity index (χ4v) is 0.632. The molecule has 0 aliphatic carbocycles. The maximum atomic E-state index is 10.8. The number of hydrogen-bond acceptors (Lipinski definition) is 3. The van der Waals surface area contributed by atoms with Gasteiger partial charge in [0.05, 0.1) is 0 Å². The van der Waals surface area contributed by atoms with E-state index in [0.29, 0.717) is 0 Å². The van der Waals surface area contributed by atoms with Gasteiger partial charge in [-0.1, -0.05) is 0 Å². The third-order valence-electron chi connectivity index (χ3n) is 1.15. The molecular weight excluding hydrogens is 146 g/mol. The van der Waals surface area contributed by atoms with Crippen molar-refractivity contribution in [1.82, 2.24) is 15.3 Å². The van der Waals surface area contributed by atoms with E-state index in [0.717, 1.165) is 0 Å². The predicted octanol–water partition coefficient (Wildman–Crippen LogP) is -0.870. The molecule has 1 amide bonds. The smallest absolute Gasteiger partial charge is 0.279 e. The lowest BCUT2D eigenvalue weighted by Crippen LogP contribution is -2.27. The van der Waals surface area contributed by atoms with Crippen LogP contribution in [0.3, 0.4) is 0 Å². The van der Waals surface area contributed by atoms with Crippen molar-refractivity contribution >= 4 is 5.91 Å². The largest absolute Gasteiger partial charge is 0.354 e. The molecule has 0 aromatic carbocycles. The molecular formula is C6H7N3O2. The second kappa shape index (κ2) is 2.96. The number of H-pyrrole nitrogens is 1. The van der Waals surface area contributed by atoms with E-state index in [1.54, 1.807) is 0 Å². The highest BCUT2D eigenvalue weighted by Crippen LogP contribution is 1.80. The molecule has 5 heteroatoms. The first-order valence-electron chi connectivity index (χ1n) is 3.01. The molecule has 0 unspecified atom stereocenters. The number of amides is 1. The van der Waals surface area contributed by atoms with Gasteiger partial charge in [-0.15, -0.1) is 0 Å². The van der Waals surface area contributed by atoms with Crippen LogP contribution in [-0.4, -0.2) is 22.9 Å². The van der Waals surface area contributed by atoms with Gasteiger partial charge in [0.1, 0.15) is 0 Å². The average molecular weight is 153 g/mol. The monoisotopic (exact) mass is 153 g/mol. The standard InChI is InChI=1S/C6H7N3O2/c1-7-5(10)4-6(11)9-3-2-8-4/h2-3H,1H3,(H,7,10)(H,9,11). The zero-order valence-electron chi connectivity index (χ0n) is 5.92. The van der Waals surface area contributed by atoms with Crippen molar-refractivity contribution in [3.05, 3.63) is 28.4 Å². The van der Waals surface area contributed by atoms with Crippen LogP contribution in [0.5, 0.6) is 0 Å². The summed E-state index contributed by atoms with van der Waals surface area (Å²) < 4.78 is 0. The zero-order chi connectivity index (χ0) is 8.27. The van der Waals surface area contributed by atoms with Crippen molar-refractivity contribution in [3.8, 4) is 0 Å². The molecule has 1 heterocycles. The molecule has 0 saturated heterocycles. The summed E-state index contributed by atoms with van der Waals surface area (Å²) in [5.74, 6) is -0.480. The molecule has 0 bridgehead atoms. The molecule has 0 atom stereocenters. The van der Waals surface area contributed by atoms with Crippen LogP contribution in [-0.2, 0) is 0 Å². The normalized spacial score (nSPS) is 9.18. The lowest BCUT2D eigenvalue weighted by Gasteiger charge is -1.94. The van der Waals surface area contributed by atoms with Crippen molar-refractivity contribution in [2.75, 3.05) is 7.05 Å². The number of carbonyl (C=O) groups excluding carboxylic acids is 1. The lowest BCUT2D eigenvalue weighted by atomic mass is 10.4. The van der Waals surface area contributed by atoms with E-state index in [1.807, 2.05) is 0 Å². The predicted molar refractivity (Wildman–Crippen MR) is 38.2 cm³/mol. The molecule has 1 aromatic heterocycles. The first-order chi connectivity index (χ1) is 5.25. The van der Waals surface area contributed by atoms with Gasteiger partial charge in [-0.25, -0.2) is 4.98 Å². The number of aromatic nitrogens is 2. The van der Waals surface area contributed by atoms with Crippen molar-refractivity contribution < 1.29 is 4.79 Å². The van der Waals surface area contributed by atoms with Crippen molar-refractivity contribution in [2.24, 2.45) is 0 Å². The Labute approximate surface area is 62.5 Å². The second-order valence-corrected chi connectivity index (χ2v) is 1.85. The van der Waals surface area contributed by atoms with Gasteiger partial charge in [0.15, 0.2) is 5.69 Å². The van der Waals surface area contributed by atoms with E-state index in [-0.39, 0.29) is 5.69 Å². The van der Waals surface area contributed by atoms with Crippen LogP contribution in [0.4, 0.5) is 0 Å². The SMILES string of the molecule is CNC(=O)c1ncc[nH]c1=O. The third-order valence-corrected chi connectivity index (χ3v) is 1.15. The fraction of sp³-hybridized carbons (Fsp3) is 0.167. The Kier molecular flexibility index (Phi) is 2.00. The summed E-state index contributed by atoms with van der Waals surface area (Å²) in [5, 5.41) is 2.30. The molecule has 0 saturated carbocycles. The van der Waals surface area contributed by atoms with Gasteiger partial charge in [-0.05, 0) is 0 Å². The Bertz CT molecular complexity index is 318. The number of aromatic amines is 1. The van der Waals surface area contributed by atoms with E-state index in [9.17, 15) is 9.59 Å². The summed E-state index contributed by atoms with van der Waals surface area (Å²) in [6, 6.07) is 0. The van der Waals surface area contributed by atoms with Gasteiger partial charge in [0, 0.05) is 19.4 Å². The lowest BCUT2D eigenvalue weighted by molar-refractivity contribution is 0.0956. The van der Waals surface area contributed by atoms with Gasteiger partial charge in [0.2, 0.25) is 0 Å². The molecule has 0 aliphatic heterocycles. The Morgan fingerprint density at radius 2 is 2.45 bits per heavy atom. The average Bonchev–Trinajstić information content (AvgIpc) is 2.04. The molecule has 1 rings (SSSR count). The van der Waals surface area contributed by atoms with Crippen LogP contribution in [0, 0.1) is 0 Å². The highest BCUT2D eigenvalue weighted by Gasteiger charge is 2.07. The van der Waals surface area contributed by atoms with Crippen molar-refractivity contribution in [1.29, 1.82) is 0 Å². The second-order valence-electron chi connectivity index (χ2n) is 1.85. The molecule has 11 heavy (non-hydrogen) atoms. The van der Waals surface area contributed by atoms with E-state index in [2.05, 4.69) is 15.3 Å². The highest BCUT2D eigenvalue weighted by atomic mass is 16.2. The summed E-state index contributed by atoms with van der Waals surface area (Å²) in [7, 11) is 1.44. The van der Waals surface area contributed by atoms with E-state index < -0.39 is 11.5 Å². The maximum absolute atomic E-state index is 10.8. The minimum Gasteiger partial charge on any atom is -0.354 e. The number of carbonyl (C=O) groups is 1.